The van der Waals surface area contributed by atoms with Gasteiger partial charge in [-0.25, -0.2) is 8.42 Å². The number of carbonyl (C=O) groups is 2. The van der Waals surface area contributed by atoms with Crippen LogP contribution >= 0.6 is 23.2 Å². The molecule has 14 heteroatoms. The first kappa shape index (κ1) is 30.1. The summed E-state index contributed by atoms with van der Waals surface area (Å²) >= 11 is 12.6. The van der Waals surface area contributed by atoms with E-state index in [0.717, 1.165) is 18.4 Å². The summed E-state index contributed by atoms with van der Waals surface area (Å²) in [4.78, 5) is 38.4. The van der Waals surface area contributed by atoms with E-state index in [1.54, 1.807) is 32.0 Å². The van der Waals surface area contributed by atoms with E-state index < -0.39 is 45.0 Å². The van der Waals surface area contributed by atoms with Crippen molar-refractivity contribution >= 4 is 56.4 Å². The van der Waals surface area contributed by atoms with Gasteiger partial charge in [0.05, 0.1) is 18.3 Å². The highest BCUT2D eigenvalue weighted by atomic mass is 35.5. The number of carbonyl (C=O) groups excluding carboxylic acids is 2. The Morgan fingerprint density at radius 1 is 1.16 bits per heavy atom. The quantitative estimate of drug-likeness (QED) is 0.301. The van der Waals surface area contributed by atoms with Crippen LogP contribution in [0.4, 0.5) is 11.4 Å². The fourth-order valence-electron chi connectivity index (χ4n) is 3.65. The number of benzene rings is 2. The summed E-state index contributed by atoms with van der Waals surface area (Å²) in [5.74, 6) is -1.20. The van der Waals surface area contributed by atoms with Crippen LogP contribution in [0.25, 0.3) is 0 Å². The zero-order valence-corrected chi connectivity index (χ0v) is 23.1. The standard InChI is InChI=1S/C23H28Cl2N4O7S/c1-5-19(23(31)26-6-2)27(13-16-17(24)8-7-9-18(16)25)22(30)14-28(37(4,34)35)20-12-15(29(32)33)10-11-21(20)36-3/h7-12,19H,5-6,13-14H2,1-4H3,(H,26,31)/t19-/m0/s1. The predicted molar refractivity (Wildman–Crippen MR) is 142 cm³/mol. The van der Waals surface area contributed by atoms with Gasteiger partial charge < -0.3 is 15.0 Å². The number of nitrogens with zero attached hydrogens (tertiary/aromatic N) is 3. The van der Waals surface area contributed by atoms with E-state index in [0.29, 0.717) is 16.4 Å². The normalized spacial score (nSPS) is 11.9. The van der Waals surface area contributed by atoms with Crippen molar-refractivity contribution in [2.24, 2.45) is 0 Å². The lowest BCUT2D eigenvalue weighted by atomic mass is 10.1. The first-order chi connectivity index (χ1) is 17.3. The number of anilines is 1. The molecule has 0 fully saturated rings. The Hall–Kier alpha value is -3.09. The summed E-state index contributed by atoms with van der Waals surface area (Å²) in [5.41, 5.74) is -0.222. The van der Waals surface area contributed by atoms with Gasteiger partial charge in [-0.1, -0.05) is 36.2 Å². The Balaban J connectivity index is 2.61. The first-order valence-electron chi connectivity index (χ1n) is 11.2. The Labute approximate surface area is 225 Å². The molecular weight excluding hydrogens is 547 g/mol. The molecule has 0 unspecified atom stereocenters. The number of amides is 2. The highest BCUT2D eigenvalue weighted by molar-refractivity contribution is 7.92. The van der Waals surface area contributed by atoms with Gasteiger partial charge in [-0.2, -0.15) is 0 Å². The van der Waals surface area contributed by atoms with Crippen LogP contribution < -0.4 is 14.4 Å². The molecule has 202 valence electrons. The van der Waals surface area contributed by atoms with Crippen LogP contribution in [0.3, 0.4) is 0 Å². The van der Waals surface area contributed by atoms with Crippen molar-refractivity contribution in [1.29, 1.82) is 0 Å². The van der Waals surface area contributed by atoms with Crippen LogP contribution in [0, 0.1) is 10.1 Å². The largest absolute Gasteiger partial charge is 0.495 e. The molecule has 37 heavy (non-hydrogen) atoms. The molecule has 0 aliphatic heterocycles. The van der Waals surface area contributed by atoms with Crippen molar-refractivity contribution in [1.82, 2.24) is 10.2 Å². The monoisotopic (exact) mass is 574 g/mol. The van der Waals surface area contributed by atoms with Gasteiger partial charge >= 0.3 is 0 Å². The maximum atomic E-state index is 13.7. The molecule has 2 rings (SSSR count). The summed E-state index contributed by atoms with van der Waals surface area (Å²) in [6.07, 6.45) is 1.06. The average molecular weight is 575 g/mol. The lowest BCUT2D eigenvalue weighted by Crippen LogP contribution is -2.52. The van der Waals surface area contributed by atoms with Gasteiger partial charge in [0, 0.05) is 40.8 Å². The lowest BCUT2D eigenvalue weighted by Gasteiger charge is -2.33. The SMILES string of the molecule is CCNC(=O)[C@H](CC)N(Cc1c(Cl)cccc1Cl)C(=O)CN(c1cc([N+](=O)[O-])ccc1OC)S(C)(=O)=O. The lowest BCUT2D eigenvalue weighted by molar-refractivity contribution is -0.384. The van der Waals surface area contributed by atoms with E-state index in [1.165, 1.54) is 18.1 Å². The molecule has 0 saturated heterocycles. The molecule has 11 nitrogen and oxygen atoms in total. The Bertz CT molecular complexity index is 1250. The minimum absolute atomic E-state index is 0.000269. The minimum atomic E-state index is -4.14. The van der Waals surface area contributed by atoms with Crippen molar-refractivity contribution in [3.05, 3.63) is 62.1 Å². The number of rotatable bonds is 12. The highest BCUT2D eigenvalue weighted by Gasteiger charge is 2.33. The van der Waals surface area contributed by atoms with Gasteiger partial charge in [-0.15, -0.1) is 0 Å². The summed E-state index contributed by atoms with van der Waals surface area (Å²) < 4.78 is 31.5. The summed E-state index contributed by atoms with van der Waals surface area (Å²) in [5, 5.41) is 14.5. The number of hydrogen-bond donors (Lipinski definition) is 1. The number of non-ortho nitro benzene ring substituents is 1. The molecule has 2 amide bonds. The van der Waals surface area contributed by atoms with Crippen LogP contribution in [-0.2, 0) is 26.2 Å². The van der Waals surface area contributed by atoms with Crippen molar-refractivity contribution < 1.29 is 27.7 Å². The molecule has 0 saturated carbocycles. The zero-order chi connectivity index (χ0) is 27.9. The third-order valence-electron chi connectivity index (χ3n) is 5.45. The van der Waals surface area contributed by atoms with Crippen molar-refractivity contribution in [2.45, 2.75) is 32.9 Å². The van der Waals surface area contributed by atoms with E-state index >= 15 is 0 Å². The number of nitrogens with one attached hydrogen (secondary N) is 1. The molecular formula is C23H28Cl2N4O7S. The molecule has 0 aromatic heterocycles. The fourth-order valence-corrected chi connectivity index (χ4v) is 5.01. The fraction of sp³-hybridized carbons (Fsp3) is 0.391. The van der Waals surface area contributed by atoms with Gasteiger partial charge in [0.25, 0.3) is 5.69 Å². The second-order valence-corrected chi connectivity index (χ2v) is 10.6. The smallest absolute Gasteiger partial charge is 0.271 e. The molecule has 0 bridgehead atoms. The highest BCUT2D eigenvalue weighted by Crippen LogP contribution is 2.34. The topological polar surface area (TPSA) is 139 Å². The Morgan fingerprint density at radius 3 is 2.27 bits per heavy atom. The third kappa shape index (κ3) is 7.46. The predicted octanol–water partition coefficient (Wildman–Crippen LogP) is 3.62. The number of hydrogen-bond acceptors (Lipinski definition) is 7. The van der Waals surface area contributed by atoms with Gasteiger partial charge in [0.1, 0.15) is 24.0 Å². The first-order valence-corrected chi connectivity index (χ1v) is 13.8. The Kier molecular flexibility index (Phi) is 10.5. The molecule has 2 aromatic rings. The molecule has 0 spiro atoms. The molecule has 0 radical (unpaired) electrons. The van der Waals surface area contributed by atoms with Gasteiger partial charge in [0.2, 0.25) is 21.8 Å². The summed E-state index contributed by atoms with van der Waals surface area (Å²) in [7, 11) is -2.88. The number of ether oxygens (including phenoxy) is 1. The molecule has 0 aliphatic carbocycles. The molecule has 1 atom stereocenters. The molecule has 2 aromatic carbocycles. The minimum Gasteiger partial charge on any atom is -0.495 e. The molecule has 0 aliphatic rings. The number of nitro groups is 1. The van der Waals surface area contributed by atoms with E-state index in [1.807, 2.05) is 0 Å². The summed E-state index contributed by atoms with van der Waals surface area (Å²) in [6, 6.07) is 7.20. The number of nitro benzene ring substituents is 1. The van der Waals surface area contributed by atoms with Gasteiger partial charge in [0.15, 0.2) is 0 Å². The maximum Gasteiger partial charge on any atom is 0.271 e. The number of sulfonamides is 1. The zero-order valence-electron chi connectivity index (χ0n) is 20.7. The molecule has 0 heterocycles. The van der Waals surface area contributed by atoms with Crippen LogP contribution in [0.1, 0.15) is 25.8 Å². The second-order valence-electron chi connectivity index (χ2n) is 7.92. The van der Waals surface area contributed by atoms with Crippen molar-refractivity contribution in [2.75, 3.05) is 30.8 Å². The average Bonchev–Trinajstić information content (AvgIpc) is 2.83. The molecule has 1 N–H and O–H groups in total. The van der Waals surface area contributed by atoms with Crippen molar-refractivity contribution in [3.63, 3.8) is 0 Å². The van der Waals surface area contributed by atoms with E-state index in [-0.39, 0.29) is 34.4 Å². The van der Waals surface area contributed by atoms with Crippen LogP contribution in [0.2, 0.25) is 10.0 Å². The van der Waals surface area contributed by atoms with Crippen LogP contribution in [-0.4, -0.2) is 62.6 Å². The third-order valence-corrected chi connectivity index (χ3v) is 7.28. The second kappa shape index (κ2) is 12.9. The van der Waals surface area contributed by atoms with Crippen LogP contribution in [0.15, 0.2) is 36.4 Å². The van der Waals surface area contributed by atoms with E-state index in [4.69, 9.17) is 27.9 Å². The van der Waals surface area contributed by atoms with Crippen LogP contribution in [0.5, 0.6) is 5.75 Å². The number of methoxy groups -OCH3 is 1. The van der Waals surface area contributed by atoms with Crippen molar-refractivity contribution in [3.8, 4) is 5.75 Å². The number of likely N-dealkylation sites (N-methyl/N-ethyl adjacent to an activating group) is 1. The van der Waals surface area contributed by atoms with E-state index in [2.05, 4.69) is 5.32 Å². The number of halogens is 2. The van der Waals surface area contributed by atoms with E-state index in [9.17, 15) is 28.1 Å². The summed E-state index contributed by atoms with van der Waals surface area (Å²) in [6.45, 7) is 2.78. The van der Waals surface area contributed by atoms with Gasteiger partial charge in [-0.05, 0) is 31.5 Å². The maximum absolute atomic E-state index is 13.7. The van der Waals surface area contributed by atoms with Gasteiger partial charge in [-0.3, -0.25) is 24.0 Å². The Morgan fingerprint density at radius 2 is 1.78 bits per heavy atom.